The normalized spacial score (nSPS) is 10.8. The third-order valence-electron chi connectivity index (χ3n) is 2.13. The molecule has 2 N–H and O–H groups in total. The van der Waals surface area contributed by atoms with Crippen molar-refractivity contribution in [3.8, 4) is 11.5 Å². The first-order valence-corrected chi connectivity index (χ1v) is 5.41. The SMILES string of the molecule is Nc1nc(-c2ccc3ncccc3n2)ns1. The second-order valence-corrected chi connectivity index (χ2v) is 3.98. The van der Waals surface area contributed by atoms with E-state index in [1.807, 2.05) is 24.3 Å². The molecule has 16 heavy (non-hydrogen) atoms. The van der Waals surface area contributed by atoms with E-state index >= 15 is 0 Å². The second kappa shape index (κ2) is 3.49. The minimum atomic E-state index is 0.447. The van der Waals surface area contributed by atoms with Crippen LogP contribution in [0.5, 0.6) is 0 Å². The van der Waals surface area contributed by atoms with Gasteiger partial charge in [-0.1, -0.05) is 0 Å². The number of aromatic nitrogens is 4. The summed E-state index contributed by atoms with van der Waals surface area (Å²) in [5.41, 5.74) is 7.93. The van der Waals surface area contributed by atoms with Gasteiger partial charge in [0, 0.05) is 17.7 Å². The highest BCUT2D eigenvalue weighted by Crippen LogP contribution is 2.19. The number of anilines is 1. The average Bonchev–Trinajstić information content (AvgIpc) is 2.75. The van der Waals surface area contributed by atoms with Crippen LogP contribution in [0.3, 0.4) is 0 Å². The summed E-state index contributed by atoms with van der Waals surface area (Å²) >= 11 is 1.17. The Kier molecular flexibility index (Phi) is 2.00. The van der Waals surface area contributed by atoms with Crippen LogP contribution in [0.25, 0.3) is 22.6 Å². The number of rotatable bonds is 1. The van der Waals surface area contributed by atoms with Crippen LogP contribution in [0.4, 0.5) is 5.13 Å². The number of nitrogens with two attached hydrogens (primary N) is 1. The molecule has 0 aliphatic rings. The maximum absolute atomic E-state index is 5.53. The highest BCUT2D eigenvalue weighted by Gasteiger charge is 2.06. The van der Waals surface area contributed by atoms with Crippen molar-refractivity contribution >= 4 is 27.7 Å². The van der Waals surface area contributed by atoms with Crippen LogP contribution in [0, 0.1) is 0 Å². The molecule has 3 aromatic heterocycles. The van der Waals surface area contributed by atoms with Gasteiger partial charge in [-0.05, 0) is 24.3 Å². The van der Waals surface area contributed by atoms with E-state index in [4.69, 9.17) is 5.73 Å². The molecule has 3 heterocycles. The molecule has 0 atom stereocenters. The van der Waals surface area contributed by atoms with Gasteiger partial charge in [-0.25, -0.2) is 4.98 Å². The second-order valence-electron chi connectivity index (χ2n) is 3.19. The zero-order valence-corrected chi connectivity index (χ0v) is 8.98. The predicted octanol–water partition coefficient (Wildman–Crippen LogP) is 1.73. The van der Waals surface area contributed by atoms with Gasteiger partial charge in [0.25, 0.3) is 0 Å². The van der Waals surface area contributed by atoms with Gasteiger partial charge in [0.05, 0.1) is 11.0 Å². The molecule has 3 rings (SSSR count). The Bertz CT molecular complexity index is 648. The van der Waals surface area contributed by atoms with Crippen molar-refractivity contribution in [2.24, 2.45) is 0 Å². The first-order chi connectivity index (χ1) is 7.83. The van der Waals surface area contributed by atoms with Crippen LogP contribution in [0.1, 0.15) is 0 Å². The first-order valence-electron chi connectivity index (χ1n) is 4.64. The van der Waals surface area contributed by atoms with Crippen molar-refractivity contribution < 1.29 is 0 Å². The van der Waals surface area contributed by atoms with E-state index in [2.05, 4.69) is 19.3 Å². The van der Waals surface area contributed by atoms with E-state index in [-0.39, 0.29) is 0 Å². The molecule has 78 valence electrons. The minimum absolute atomic E-state index is 0.447. The van der Waals surface area contributed by atoms with E-state index in [0.717, 1.165) is 11.0 Å². The molecule has 0 unspecified atom stereocenters. The minimum Gasteiger partial charge on any atom is -0.374 e. The van der Waals surface area contributed by atoms with Gasteiger partial charge in [0.1, 0.15) is 5.69 Å². The van der Waals surface area contributed by atoms with E-state index in [1.165, 1.54) is 11.5 Å². The molecular weight excluding hydrogens is 222 g/mol. The third kappa shape index (κ3) is 1.49. The highest BCUT2D eigenvalue weighted by atomic mass is 32.1. The summed E-state index contributed by atoms with van der Waals surface area (Å²) in [6.07, 6.45) is 1.74. The van der Waals surface area contributed by atoms with Gasteiger partial charge in [0.2, 0.25) is 0 Å². The number of nitrogens with zero attached hydrogens (tertiary/aromatic N) is 4. The molecule has 0 aromatic carbocycles. The Balaban J connectivity index is 2.18. The monoisotopic (exact) mass is 229 g/mol. The zero-order chi connectivity index (χ0) is 11.0. The maximum atomic E-state index is 5.53. The largest absolute Gasteiger partial charge is 0.374 e. The molecule has 0 aliphatic heterocycles. The Labute approximate surface area is 95.2 Å². The lowest BCUT2D eigenvalue weighted by atomic mass is 10.3. The van der Waals surface area contributed by atoms with Crippen molar-refractivity contribution in [3.63, 3.8) is 0 Å². The first kappa shape index (κ1) is 9.17. The van der Waals surface area contributed by atoms with E-state index in [1.54, 1.807) is 6.20 Å². The van der Waals surface area contributed by atoms with Gasteiger partial charge in [-0.3, -0.25) is 4.98 Å². The molecular formula is C10H7N5S. The summed E-state index contributed by atoms with van der Waals surface area (Å²) in [6.45, 7) is 0. The van der Waals surface area contributed by atoms with Gasteiger partial charge < -0.3 is 5.73 Å². The van der Waals surface area contributed by atoms with Crippen molar-refractivity contribution in [1.82, 2.24) is 19.3 Å². The molecule has 0 saturated heterocycles. The lowest BCUT2D eigenvalue weighted by Crippen LogP contribution is -1.89. The Morgan fingerprint density at radius 2 is 2.00 bits per heavy atom. The Morgan fingerprint density at radius 3 is 2.81 bits per heavy atom. The van der Waals surface area contributed by atoms with Gasteiger partial charge in [0.15, 0.2) is 11.0 Å². The van der Waals surface area contributed by atoms with Crippen LogP contribution < -0.4 is 5.73 Å². The smallest absolute Gasteiger partial charge is 0.200 e. The van der Waals surface area contributed by atoms with E-state index in [0.29, 0.717) is 16.6 Å². The summed E-state index contributed by atoms with van der Waals surface area (Å²) in [6, 6.07) is 7.50. The van der Waals surface area contributed by atoms with Gasteiger partial charge in [-0.2, -0.15) is 9.36 Å². The lowest BCUT2D eigenvalue weighted by Gasteiger charge is -1.97. The van der Waals surface area contributed by atoms with Crippen LogP contribution in [0.15, 0.2) is 30.5 Å². The summed E-state index contributed by atoms with van der Waals surface area (Å²) in [4.78, 5) is 12.7. The molecule has 0 saturated carbocycles. The van der Waals surface area contributed by atoms with Crippen molar-refractivity contribution in [2.45, 2.75) is 0 Å². The van der Waals surface area contributed by atoms with Crippen molar-refractivity contribution in [2.75, 3.05) is 5.73 Å². The maximum Gasteiger partial charge on any atom is 0.200 e. The summed E-state index contributed by atoms with van der Waals surface area (Å²) in [5, 5.41) is 0.447. The molecule has 0 radical (unpaired) electrons. The molecule has 0 spiro atoms. The number of nitrogen functional groups attached to an aromatic ring is 1. The molecule has 6 heteroatoms. The quantitative estimate of drug-likeness (QED) is 0.687. The average molecular weight is 229 g/mol. The van der Waals surface area contributed by atoms with Gasteiger partial charge in [-0.15, -0.1) is 0 Å². The van der Waals surface area contributed by atoms with Crippen LogP contribution in [-0.4, -0.2) is 19.3 Å². The zero-order valence-electron chi connectivity index (χ0n) is 8.16. The molecule has 0 amide bonds. The lowest BCUT2D eigenvalue weighted by molar-refractivity contribution is 1.25. The molecule has 0 fully saturated rings. The van der Waals surface area contributed by atoms with Crippen LogP contribution in [-0.2, 0) is 0 Å². The summed E-state index contributed by atoms with van der Waals surface area (Å²) in [5.74, 6) is 0.563. The number of fused-ring (bicyclic) bond motifs is 1. The van der Waals surface area contributed by atoms with Crippen molar-refractivity contribution in [3.05, 3.63) is 30.5 Å². The number of hydrogen-bond donors (Lipinski definition) is 1. The third-order valence-corrected chi connectivity index (χ3v) is 2.67. The summed E-state index contributed by atoms with van der Waals surface area (Å²) < 4.78 is 4.12. The summed E-state index contributed by atoms with van der Waals surface area (Å²) in [7, 11) is 0. The number of hydrogen-bond acceptors (Lipinski definition) is 6. The molecule has 0 aliphatic carbocycles. The standard InChI is InChI=1S/C10H7N5S/c11-10-14-9(15-16-10)8-4-3-6-7(13-8)2-1-5-12-6/h1-5H,(H2,11,14,15). The van der Waals surface area contributed by atoms with Gasteiger partial charge >= 0.3 is 0 Å². The highest BCUT2D eigenvalue weighted by molar-refractivity contribution is 7.09. The topological polar surface area (TPSA) is 77.6 Å². The van der Waals surface area contributed by atoms with E-state index < -0.39 is 0 Å². The van der Waals surface area contributed by atoms with Crippen LogP contribution >= 0.6 is 11.5 Å². The fourth-order valence-corrected chi connectivity index (χ4v) is 1.86. The molecule has 0 bridgehead atoms. The predicted molar refractivity (Wildman–Crippen MR) is 62.9 cm³/mol. The molecule has 3 aromatic rings. The van der Waals surface area contributed by atoms with Crippen molar-refractivity contribution in [1.29, 1.82) is 0 Å². The molecule has 5 nitrogen and oxygen atoms in total. The fourth-order valence-electron chi connectivity index (χ4n) is 1.42. The fraction of sp³-hybridized carbons (Fsp3) is 0. The number of pyridine rings is 2. The van der Waals surface area contributed by atoms with Crippen LogP contribution in [0.2, 0.25) is 0 Å². The Morgan fingerprint density at radius 1 is 1.06 bits per heavy atom. The Hall–Kier alpha value is -2.08. The van der Waals surface area contributed by atoms with E-state index in [9.17, 15) is 0 Å².